The van der Waals surface area contributed by atoms with E-state index in [1.54, 1.807) is 0 Å². The van der Waals surface area contributed by atoms with Gasteiger partial charge in [-0.2, -0.15) is 0 Å². The average Bonchev–Trinajstić information content (AvgIpc) is 2.56. The molecule has 0 amide bonds. The van der Waals surface area contributed by atoms with Gasteiger partial charge in [0.1, 0.15) is 0 Å². The number of aromatic nitrogens is 2. The Kier molecular flexibility index (Phi) is 1.80. The van der Waals surface area contributed by atoms with Crippen LogP contribution in [-0.4, -0.2) is 24.0 Å². The molecular weight excluding hydrogens is 192 g/mol. The van der Waals surface area contributed by atoms with Gasteiger partial charge >= 0.3 is 0 Å². The largest absolute Gasteiger partial charge is 0.274 e. The molecule has 72 valence electrons. The first kappa shape index (κ1) is 8.55. The van der Waals surface area contributed by atoms with E-state index < -0.39 is 15.2 Å². The van der Waals surface area contributed by atoms with E-state index in [1.165, 1.54) is 16.9 Å². The lowest BCUT2D eigenvalue weighted by atomic mass is 10.3. The number of nitrogens with one attached hydrogen (secondary N) is 1. The minimum absolute atomic E-state index is 0.220. The van der Waals surface area contributed by atoms with Gasteiger partial charge < -0.3 is 0 Å². The maximum Gasteiger partial charge on any atom is 0.264 e. The Morgan fingerprint density at radius 3 is 2.77 bits per heavy atom. The van der Waals surface area contributed by atoms with Gasteiger partial charge in [0, 0.05) is 12.3 Å². The van der Waals surface area contributed by atoms with E-state index >= 15 is 0 Å². The molecule has 1 aromatic heterocycles. The number of hydrogen-bond acceptors (Lipinski definition) is 3. The molecule has 1 aromatic rings. The molecule has 1 fully saturated rings. The van der Waals surface area contributed by atoms with E-state index in [2.05, 4.69) is 5.10 Å². The maximum absolute atomic E-state index is 11.4. The normalized spacial score (nSPS) is 26.3. The van der Waals surface area contributed by atoms with Crippen molar-refractivity contribution in [2.45, 2.75) is 18.2 Å². The van der Waals surface area contributed by atoms with Crippen molar-refractivity contribution in [1.29, 1.82) is 0 Å². The summed E-state index contributed by atoms with van der Waals surface area (Å²) in [4.78, 5) is 10.8. The standard InChI is InChI=1S/C7H10N2O3S/c10-6-3-4-9(8-6)7-2-1-5-13(7,11)12/h3-4,7H,1-2,5H2,(H,8,10). The fourth-order valence-corrected chi connectivity index (χ4v) is 3.44. The lowest BCUT2D eigenvalue weighted by molar-refractivity contribution is 0.525. The van der Waals surface area contributed by atoms with Gasteiger partial charge in [-0.3, -0.25) is 14.6 Å². The van der Waals surface area contributed by atoms with Crippen LogP contribution in [0.15, 0.2) is 17.1 Å². The number of nitrogens with zero attached hydrogens (tertiary/aromatic N) is 1. The van der Waals surface area contributed by atoms with Crippen molar-refractivity contribution in [2.75, 3.05) is 5.75 Å². The highest BCUT2D eigenvalue weighted by atomic mass is 32.2. The van der Waals surface area contributed by atoms with Crippen LogP contribution in [0, 0.1) is 0 Å². The number of hydrogen-bond donors (Lipinski definition) is 1. The number of H-pyrrole nitrogens is 1. The molecule has 0 aromatic carbocycles. The zero-order chi connectivity index (χ0) is 9.47. The molecule has 1 saturated heterocycles. The highest BCUT2D eigenvalue weighted by molar-refractivity contribution is 7.91. The SMILES string of the molecule is O=c1ccn(C2CCCS2(=O)=O)[nH]1. The molecule has 0 aliphatic carbocycles. The van der Waals surface area contributed by atoms with E-state index in [9.17, 15) is 13.2 Å². The predicted octanol–water partition coefficient (Wildman–Crippen LogP) is -0.116. The smallest absolute Gasteiger partial charge is 0.264 e. The van der Waals surface area contributed by atoms with Crippen LogP contribution in [-0.2, 0) is 9.84 Å². The van der Waals surface area contributed by atoms with Crippen molar-refractivity contribution in [3.63, 3.8) is 0 Å². The summed E-state index contributed by atoms with van der Waals surface area (Å²) in [6.45, 7) is 0. The van der Waals surface area contributed by atoms with E-state index in [-0.39, 0.29) is 11.3 Å². The van der Waals surface area contributed by atoms with Crippen LogP contribution >= 0.6 is 0 Å². The minimum atomic E-state index is -3.03. The maximum atomic E-state index is 11.4. The van der Waals surface area contributed by atoms with Crippen molar-refractivity contribution in [3.8, 4) is 0 Å². The molecule has 2 rings (SSSR count). The average molecular weight is 202 g/mol. The van der Waals surface area contributed by atoms with Gasteiger partial charge in [-0.15, -0.1) is 0 Å². The molecule has 2 heterocycles. The molecular formula is C7H10N2O3S. The summed E-state index contributed by atoms with van der Waals surface area (Å²) in [6, 6.07) is 1.33. The summed E-state index contributed by atoms with van der Waals surface area (Å²) >= 11 is 0. The third-order valence-electron chi connectivity index (χ3n) is 2.23. The Balaban J connectivity index is 2.42. The molecule has 0 saturated carbocycles. The summed E-state index contributed by atoms with van der Waals surface area (Å²) < 4.78 is 24.2. The minimum Gasteiger partial charge on any atom is -0.274 e. The van der Waals surface area contributed by atoms with Gasteiger partial charge in [0.15, 0.2) is 15.2 Å². The van der Waals surface area contributed by atoms with Gasteiger partial charge in [0.25, 0.3) is 5.56 Å². The number of aromatic amines is 1. The predicted molar refractivity (Wildman–Crippen MR) is 47.1 cm³/mol. The monoisotopic (exact) mass is 202 g/mol. The summed E-state index contributed by atoms with van der Waals surface area (Å²) in [7, 11) is -3.03. The summed E-state index contributed by atoms with van der Waals surface area (Å²) in [5, 5.41) is 1.90. The van der Waals surface area contributed by atoms with Crippen LogP contribution in [0.4, 0.5) is 0 Å². The molecule has 0 spiro atoms. The number of rotatable bonds is 1. The first-order valence-electron chi connectivity index (χ1n) is 4.08. The summed E-state index contributed by atoms with van der Waals surface area (Å²) in [5.74, 6) is 0.220. The Morgan fingerprint density at radius 1 is 1.54 bits per heavy atom. The van der Waals surface area contributed by atoms with Crippen LogP contribution < -0.4 is 5.56 Å². The van der Waals surface area contributed by atoms with Crippen LogP contribution in [0.3, 0.4) is 0 Å². The van der Waals surface area contributed by atoms with E-state index in [0.717, 1.165) is 0 Å². The van der Waals surface area contributed by atoms with Crippen LogP contribution in [0.1, 0.15) is 18.2 Å². The van der Waals surface area contributed by atoms with Crippen molar-refractivity contribution in [2.24, 2.45) is 0 Å². The van der Waals surface area contributed by atoms with Crippen LogP contribution in [0.2, 0.25) is 0 Å². The van der Waals surface area contributed by atoms with Crippen molar-refractivity contribution in [3.05, 3.63) is 22.6 Å². The second-order valence-electron chi connectivity index (χ2n) is 3.16. The highest BCUT2D eigenvalue weighted by Gasteiger charge is 2.32. The molecule has 1 aliphatic rings. The van der Waals surface area contributed by atoms with Gasteiger partial charge in [-0.05, 0) is 12.8 Å². The van der Waals surface area contributed by atoms with Gasteiger partial charge in [0.2, 0.25) is 0 Å². The second kappa shape index (κ2) is 2.73. The first-order valence-corrected chi connectivity index (χ1v) is 5.80. The molecule has 1 unspecified atom stereocenters. The fraction of sp³-hybridized carbons (Fsp3) is 0.571. The van der Waals surface area contributed by atoms with Crippen molar-refractivity contribution < 1.29 is 8.42 Å². The molecule has 0 radical (unpaired) electrons. The molecule has 5 nitrogen and oxygen atoms in total. The molecule has 6 heteroatoms. The molecule has 0 bridgehead atoms. The zero-order valence-electron chi connectivity index (χ0n) is 6.93. The van der Waals surface area contributed by atoms with E-state index in [0.29, 0.717) is 12.8 Å². The Morgan fingerprint density at radius 2 is 2.31 bits per heavy atom. The zero-order valence-corrected chi connectivity index (χ0v) is 7.75. The van der Waals surface area contributed by atoms with Crippen LogP contribution in [0.5, 0.6) is 0 Å². The van der Waals surface area contributed by atoms with Crippen molar-refractivity contribution >= 4 is 9.84 Å². The topological polar surface area (TPSA) is 71.9 Å². The summed E-state index contributed by atoms with van der Waals surface area (Å²) in [6.07, 6.45) is 2.75. The third kappa shape index (κ3) is 1.41. The lowest BCUT2D eigenvalue weighted by Crippen LogP contribution is -2.17. The van der Waals surface area contributed by atoms with E-state index in [4.69, 9.17) is 0 Å². The molecule has 13 heavy (non-hydrogen) atoms. The van der Waals surface area contributed by atoms with Crippen molar-refractivity contribution in [1.82, 2.24) is 9.78 Å². The molecule has 1 N–H and O–H groups in total. The van der Waals surface area contributed by atoms with Crippen LogP contribution in [0.25, 0.3) is 0 Å². The van der Waals surface area contributed by atoms with E-state index in [1.807, 2.05) is 0 Å². The quantitative estimate of drug-likeness (QED) is 0.690. The third-order valence-corrected chi connectivity index (χ3v) is 4.38. The second-order valence-corrected chi connectivity index (χ2v) is 5.44. The Labute approximate surface area is 75.3 Å². The molecule has 1 atom stereocenters. The number of sulfone groups is 1. The molecule has 1 aliphatic heterocycles. The highest BCUT2D eigenvalue weighted by Crippen LogP contribution is 2.28. The summed E-state index contributed by atoms with van der Waals surface area (Å²) in [5.41, 5.74) is -0.262. The van der Waals surface area contributed by atoms with Gasteiger partial charge in [-0.1, -0.05) is 0 Å². The Bertz CT molecular complexity index is 456. The Hall–Kier alpha value is -1.04. The first-order chi connectivity index (χ1) is 6.09. The fourth-order valence-electron chi connectivity index (χ4n) is 1.60. The lowest BCUT2D eigenvalue weighted by Gasteiger charge is -2.09. The van der Waals surface area contributed by atoms with Gasteiger partial charge in [-0.25, -0.2) is 8.42 Å². The van der Waals surface area contributed by atoms with Gasteiger partial charge in [0.05, 0.1) is 5.75 Å².